The fourth-order valence-electron chi connectivity index (χ4n) is 3.57. The molecule has 1 atom stereocenters. The van der Waals surface area contributed by atoms with E-state index in [0.29, 0.717) is 21.6 Å². The van der Waals surface area contributed by atoms with Gasteiger partial charge in [-0.25, -0.2) is 4.99 Å². The van der Waals surface area contributed by atoms with Gasteiger partial charge in [-0.3, -0.25) is 9.69 Å². The number of ether oxygens (including phenoxy) is 2. The Morgan fingerprint density at radius 1 is 0.906 bits per heavy atom. The number of para-hydroxylation sites is 2. The predicted molar refractivity (Wildman–Crippen MR) is 130 cm³/mol. The van der Waals surface area contributed by atoms with E-state index in [9.17, 15) is 4.79 Å². The minimum Gasteiger partial charge on any atom is -0.493 e. The van der Waals surface area contributed by atoms with Crippen molar-refractivity contribution in [1.29, 1.82) is 0 Å². The number of carbonyl (C=O) groups excluding carboxylic acids is 1. The standard InChI is InChI=1S/C26H24N2O3S/c1-18(19-11-6-4-7-12-19)28-25(29)23(32-26(28)27-21-14-8-5-9-15-21)17-20-13-10-16-22(30-2)24(20)31-3/h4-18H,1-3H3/b23-17+,27-26?/t18-/m1/s1. The monoisotopic (exact) mass is 444 g/mol. The third-order valence-electron chi connectivity index (χ3n) is 5.21. The van der Waals surface area contributed by atoms with Crippen molar-refractivity contribution in [3.8, 4) is 11.5 Å². The van der Waals surface area contributed by atoms with Crippen LogP contribution in [0.1, 0.15) is 24.1 Å². The van der Waals surface area contributed by atoms with Crippen molar-refractivity contribution in [1.82, 2.24) is 4.90 Å². The Hall–Kier alpha value is -3.51. The Balaban J connectivity index is 1.78. The summed E-state index contributed by atoms with van der Waals surface area (Å²) in [6.45, 7) is 2.02. The van der Waals surface area contributed by atoms with Gasteiger partial charge in [-0.05, 0) is 48.5 Å². The average molecular weight is 445 g/mol. The molecule has 0 unspecified atom stereocenters. The van der Waals surface area contributed by atoms with E-state index in [1.54, 1.807) is 19.1 Å². The topological polar surface area (TPSA) is 51.1 Å². The van der Waals surface area contributed by atoms with Crippen molar-refractivity contribution < 1.29 is 14.3 Å². The molecule has 5 nitrogen and oxygen atoms in total. The van der Waals surface area contributed by atoms with Crippen LogP contribution in [-0.4, -0.2) is 30.2 Å². The summed E-state index contributed by atoms with van der Waals surface area (Å²) >= 11 is 1.36. The molecule has 0 bridgehead atoms. The number of benzene rings is 3. The molecule has 1 amide bonds. The van der Waals surface area contributed by atoms with Gasteiger partial charge in [0.2, 0.25) is 0 Å². The van der Waals surface area contributed by atoms with Crippen LogP contribution >= 0.6 is 11.8 Å². The maximum absolute atomic E-state index is 13.6. The van der Waals surface area contributed by atoms with Crippen LogP contribution in [0, 0.1) is 0 Å². The van der Waals surface area contributed by atoms with Crippen LogP contribution < -0.4 is 9.47 Å². The lowest BCUT2D eigenvalue weighted by Crippen LogP contribution is -2.32. The Morgan fingerprint density at radius 2 is 1.59 bits per heavy atom. The van der Waals surface area contributed by atoms with Gasteiger partial charge < -0.3 is 9.47 Å². The second-order valence-corrected chi connectivity index (χ2v) is 8.19. The van der Waals surface area contributed by atoms with Crippen LogP contribution in [0.2, 0.25) is 0 Å². The number of amides is 1. The molecule has 6 heteroatoms. The molecule has 0 aliphatic carbocycles. The van der Waals surface area contributed by atoms with E-state index in [2.05, 4.69) is 0 Å². The number of aliphatic imine (C=N–C) groups is 1. The minimum atomic E-state index is -0.170. The summed E-state index contributed by atoms with van der Waals surface area (Å²) in [5.41, 5.74) is 2.62. The first-order valence-electron chi connectivity index (χ1n) is 10.2. The van der Waals surface area contributed by atoms with E-state index in [4.69, 9.17) is 14.5 Å². The third-order valence-corrected chi connectivity index (χ3v) is 6.19. The van der Waals surface area contributed by atoms with Crippen molar-refractivity contribution in [2.75, 3.05) is 14.2 Å². The predicted octanol–water partition coefficient (Wildman–Crippen LogP) is 6.07. The molecule has 3 aromatic rings. The van der Waals surface area contributed by atoms with E-state index in [1.165, 1.54) is 11.8 Å². The molecule has 0 saturated carbocycles. The molecule has 3 aromatic carbocycles. The summed E-state index contributed by atoms with van der Waals surface area (Å²) in [6, 6.07) is 25.1. The molecule has 0 spiro atoms. The van der Waals surface area contributed by atoms with E-state index in [1.807, 2.05) is 91.9 Å². The van der Waals surface area contributed by atoms with Crippen molar-refractivity contribution >= 4 is 34.6 Å². The Bertz CT molecular complexity index is 1160. The highest BCUT2D eigenvalue weighted by molar-refractivity contribution is 8.18. The SMILES string of the molecule is COc1cccc(/C=C2/SC(=Nc3ccccc3)N([C@H](C)c3ccccc3)C2=O)c1OC. The van der Waals surface area contributed by atoms with E-state index in [0.717, 1.165) is 16.8 Å². The lowest BCUT2D eigenvalue weighted by atomic mass is 10.1. The van der Waals surface area contributed by atoms with Crippen molar-refractivity contribution in [3.05, 3.63) is 94.9 Å². The maximum Gasteiger partial charge on any atom is 0.267 e. The summed E-state index contributed by atoms with van der Waals surface area (Å²) < 4.78 is 11.0. The molecule has 1 fully saturated rings. The molecule has 0 aromatic heterocycles. The highest BCUT2D eigenvalue weighted by atomic mass is 32.2. The van der Waals surface area contributed by atoms with Crippen LogP contribution in [0.15, 0.2) is 88.8 Å². The Morgan fingerprint density at radius 3 is 2.25 bits per heavy atom. The molecule has 1 aliphatic rings. The molecule has 0 radical (unpaired) electrons. The Labute approximate surface area is 192 Å². The number of carbonyl (C=O) groups is 1. The number of hydrogen-bond donors (Lipinski definition) is 0. The first-order valence-corrected chi connectivity index (χ1v) is 11.1. The number of rotatable bonds is 6. The number of hydrogen-bond acceptors (Lipinski definition) is 5. The van der Waals surface area contributed by atoms with Gasteiger partial charge >= 0.3 is 0 Å². The molecular formula is C26H24N2O3S. The van der Waals surface area contributed by atoms with Gasteiger partial charge in [-0.1, -0.05) is 60.7 Å². The maximum atomic E-state index is 13.6. The quantitative estimate of drug-likeness (QED) is 0.433. The molecule has 0 N–H and O–H groups in total. The second-order valence-electron chi connectivity index (χ2n) is 7.19. The van der Waals surface area contributed by atoms with Crippen LogP contribution in [0.3, 0.4) is 0 Å². The van der Waals surface area contributed by atoms with Crippen LogP contribution in [0.5, 0.6) is 11.5 Å². The number of methoxy groups -OCH3 is 2. The van der Waals surface area contributed by atoms with Gasteiger partial charge in [-0.15, -0.1) is 0 Å². The van der Waals surface area contributed by atoms with Crippen LogP contribution in [0.25, 0.3) is 6.08 Å². The number of amidine groups is 1. The van der Waals surface area contributed by atoms with Crippen molar-refractivity contribution in [3.63, 3.8) is 0 Å². The van der Waals surface area contributed by atoms with Gasteiger partial charge in [-0.2, -0.15) is 0 Å². The first kappa shape index (κ1) is 21.7. The summed E-state index contributed by atoms with van der Waals surface area (Å²) in [6.07, 6.45) is 1.84. The highest BCUT2D eigenvalue weighted by Gasteiger charge is 2.37. The van der Waals surface area contributed by atoms with Gasteiger partial charge in [0.1, 0.15) is 0 Å². The van der Waals surface area contributed by atoms with Crippen LogP contribution in [0.4, 0.5) is 5.69 Å². The summed E-state index contributed by atoms with van der Waals surface area (Å²) in [5, 5.41) is 0.644. The molecule has 162 valence electrons. The molecular weight excluding hydrogens is 420 g/mol. The molecule has 4 rings (SSSR count). The smallest absolute Gasteiger partial charge is 0.267 e. The van der Waals surface area contributed by atoms with Gasteiger partial charge in [0, 0.05) is 5.56 Å². The highest BCUT2D eigenvalue weighted by Crippen LogP contribution is 2.41. The van der Waals surface area contributed by atoms with Gasteiger partial charge in [0.25, 0.3) is 5.91 Å². The largest absolute Gasteiger partial charge is 0.493 e. The van der Waals surface area contributed by atoms with E-state index in [-0.39, 0.29) is 11.9 Å². The minimum absolute atomic E-state index is 0.0918. The molecule has 32 heavy (non-hydrogen) atoms. The van der Waals surface area contributed by atoms with Crippen LogP contribution in [-0.2, 0) is 4.79 Å². The lowest BCUT2D eigenvalue weighted by Gasteiger charge is -2.24. The number of nitrogens with zero attached hydrogens (tertiary/aromatic N) is 2. The summed E-state index contributed by atoms with van der Waals surface area (Å²) in [5.74, 6) is 1.11. The average Bonchev–Trinajstić information content (AvgIpc) is 3.13. The van der Waals surface area contributed by atoms with Crippen molar-refractivity contribution in [2.24, 2.45) is 4.99 Å². The normalized spacial score (nSPS) is 17.1. The fourth-order valence-corrected chi connectivity index (χ4v) is 4.63. The fraction of sp³-hybridized carbons (Fsp3) is 0.154. The first-order chi connectivity index (χ1) is 15.6. The molecule has 1 aliphatic heterocycles. The Kier molecular flexibility index (Phi) is 6.61. The zero-order chi connectivity index (χ0) is 22.5. The van der Waals surface area contributed by atoms with E-state index >= 15 is 0 Å². The van der Waals surface area contributed by atoms with E-state index < -0.39 is 0 Å². The molecule has 1 heterocycles. The lowest BCUT2D eigenvalue weighted by molar-refractivity contribution is -0.123. The van der Waals surface area contributed by atoms with Gasteiger partial charge in [0.05, 0.1) is 30.9 Å². The molecule has 1 saturated heterocycles. The van der Waals surface area contributed by atoms with Gasteiger partial charge in [0.15, 0.2) is 16.7 Å². The second kappa shape index (κ2) is 9.75. The summed E-state index contributed by atoms with van der Waals surface area (Å²) in [4.78, 5) is 20.7. The number of thioether (sulfide) groups is 1. The zero-order valence-electron chi connectivity index (χ0n) is 18.2. The summed E-state index contributed by atoms with van der Waals surface area (Å²) in [7, 11) is 3.19. The zero-order valence-corrected chi connectivity index (χ0v) is 19.0. The van der Waals surface area contributed by atoms with Crippen molar-refractivity contribution in [2.45, 2.75) is 13.0 Å². The third kappa shape index (κ3) is 4.41.